The van der Waals surface area contributed by atoms with Crippen molar-refractivity contribution in [1.82, 2.24) is 14.8 Å². The molecule has 0 aliphatic heterocycles. The fraction of sp³-hybridized carbons (Fsp3) is 0.385. The van der Waals surface area contributed by atoms with Gasteiger partial charge < -0.3 is 0 Å². The van der Waals surface area contributed by atoms with E-state index in [1.807, 2.05) is 6.92 Å². The predicted molar refractivity (Wildman–Crippen MR) is 71.8 cm³/mol. The standard InChI is InChI=1S/C13H17N3S/c1-4-8-17-13-15-14-11(3)16(13)12-7-5-6-10(2)9-12/h5-7,9H,4,8H2,1-3H3. The van der Waals surface area contributed by atoms with Crippen molar-refractivity contribution in [3.8, 4) is 5.69 Å². The lowest BCUT2D eigenvalue weighted by molar-refractivity contribution is 0.865. The molecule has 0 bridgehead atoms. The molecule has 90 valence electrons. The van der Waals surface area contributed by atoms with Gasteiger partial charge in [0.2, 0.25) is 0 Å². The maximum absolute atomic E-state index is 4.24. The van der Waals surface area contributed by atoms with Crippen LogP contribution in [0.5, 0.6) is 0 Å². The Labute approximate surface area is 106 Å². The maximum atomic E-state index is 4.24. The van der Waals surface area contributed by atoms with E-state index in [0.29, 0.717) is 0 Å². The van der Waals surface area contributed by atoms with Gasteiger partial charge in [-0.2, -0.15) is 0 Å². The van der Waals surface area contributed by atoms with Crippen molar-refractivity contribution in [3.63, 3.8) is 0 Å². The van der Waals surface area contributed by atoms with E-state index in [1.54, 1.807) is 11.8 Å². The Morgan fingerprint density at radius 2 is 2.06 bits per heavy atom. The third kappa shape index (κ3) is 2.69. The SMILES string of the molecule is CCCSc1nnc(C)n1-c1cccc(C)c1. The van der Waals surface area contributed by atoms with E-state index < -0.39 is 0 Å². The van der Waals surface area contributed by atoms with Gasteiger partial charge in [-0.3, -0.25) is 4.57 Å². The normalized spacial score (nSPS) is 10.8. The average Bonchev–Trinajstić information content (AvgIpc) is 2.68. The highest BCUT2D eigenvalue weighted by Crippen LogP contribution is 2.22. The first-order valence-electron chi connectivity index (χ1n) is 5.84. The molecule has 0 radical (unpaired) electrons. The molecule has 4 heteroatoms. The number of benzene rings is 1. The summed E-state index contributed by atoms with van der Waals surface area (Å²) in [5, 5.41) is 9.38. The van der Waals surface area contributed by atoms with E-state index in [1.165, 1.54) is 5.56 Å². The van der Waals surface area contributed by atoms with Crippen molar-refractivity contribution in [2.75, 3.05) is 5.75 Å². The smallest absolute Gasteiger partial charge is 0.195 e. The van der Waals surface area contributed by atoms with Gasteiger partial charge in [-0.1, -0.05) is 30.8 Å². The van der Waals surface area contributed by atoms with Crippen molar-refractivity contribution in [3.05, 3.63) is 35.7 Å². The van der Waals surface area contributed by atoms with Gasteiger partial charge in [0.25, 0.3) is 0 Å². The lowest BCUT2D eigenvalue weighted by Crippen LogP contribution is -1.99. The van der Waals surface area contributed by atoms with E-state index >= 15 is 0 Å². The zero-order valence-electron chi connectivity index (χ0n) is 10.5. The minimum Gasteiger partial charge on any atom is -0.274 e. The second-order valence-electron chi connectivity index (χ2n) is 4.05. The van der Waals surface area contributed by atoms with E-state index in [9.17, 15) is 0 Å². The summed E-state index contributed by atoms with van der Waals surface area (Å²) in [6, 6.07) is 8.42. The van der Waals surface area contributed by atoms with Crippen LogP contribution in [0.3, 0.4) is 0 Å². The molecule has 0 spiro atoms. The molecule has 1 heterocycles. The second-order valence-corrected chi connectivity index (χ2v) is 5.11. The topological polar surface area (TPSA) is 30.7 Å². The molecule has 0 saturated carbocycles. The van der Waals surface area contributed by atoms with E-state index in [0.717, 1.165) is 28.8 Å². The highest BCUT2D eigenvalue weighted by Gasteiger charge is 2.10. The van der Waals surface area contributed by atoms with Crippen LogP contribution in [0, 0.1) is 13.8 Å². The first-order valence-corrected chi connectivity index (χ1v) is 6.82. The molecule has 3 nitrogen and oxygen atoms in total. The van der Waals surface area contributed by atoms with Gasteiger partial charge in [0, 0.05) is 11.4 Å². The molecule has 0 N–H and O–H groups in total. The molecule has 0 amide bonds. The molecule has 0 atom stereocenters. The summed E-state index contributed by atoms with van der Waals surface area (Å²) < 4.78 is 2.12. The third-order valence-corrected chi connectivity index (χ3v) is 3.63. The van der Waals surface area contributed by atoms with Crippen LogP contribution in [-0.2, 0) is 0 Å². The zero-order valence-corrected chi connectivity index (χ0v) is 11.3. The summed E-state index contributed by atoms with van der Waals surface area (Å²) in [4.78, 5) is 0. The Balaban J connectivity index is 2.39. The average molecular weight is 247 g/mol. The molecule has 0 fully saturated rings. The van der Waals surface area contributed by atoms with Crippen molar-refractivity contribution < 1.29 is 0 Å². The predicted octanol–water partition coefficient (Wildman–Crippen LogP) is 3.39. The first kappa shape index (κ1) is 12.2. The van der Waals surface area contributed by atoms with Crippen LogP contribution in [0.4, 0.5) is 0 Å². The second kappa shape index (κ2) is 5.36. The van der Waals surface area contributed by atoms with Gasteiger partial charge in [-0.05, 0) is 38.0 Å². The molecule has 0 unspecified atom stereocenters. The Hall–Kier alpha value is -1.29. The molecule has 17 heavy (non-hydrogen) atoms. The first-order chi connectivity index (χ1) is 8.22. The lowest BCUT2D eigenvalue weighted by atomic mass is 10.2. The molecule has 1 aromatic heterocycles. The van der Waals surface area contributed by atoms with Gasteiger partial charge in [0.1, 0.15) is 5.82 Å². The van der Waals surface area contributed by atoms with Gasteiger partial charge in [0.15, 0.2) is 5.16 Å². The minimum atomic E-state index is 0.939. The van der Waals surface area contributed by atoms with Crippen molar-refractivity contribution in [1.29, 1.82) is 0 Å². The van der Waals surface area contributed by atoms with Gasteiger partial charge >= 0.3 is 0 Å². The highest BCUT2D eigenvalue weighted by atomic mass is 32.2. The molecule has 2 rings (SSSR count). The lowest BCUT2D eigenvalue weighted by Gasteiger charge is -2.08. The number of thioether (sulfide) groups is 1. The number of nitrogens with zero attached hydrogens (tertiary/aromatic N) is 3. The van der Waals surface area contributed by atoms with Crippen LogP contribution in [0.15, 0.2) is 29.4 Å². The molecule has 1 aromatic carbocycles. The van der Waals surface area contributed by atoms with Gasteiger partial charge in [0.05, 0.1) is 0 Å². The number of hydrogen-bond donors (Lipinski definition) is 0. The Bertz CT molecular complexity index is 505. The monoisotopic (exact) mass is 247 g/mol. The van der Waals surface area contributed by atoms with Crippen LogP contribution >= 0.6 is 11.8 Å². The Morgan fingerprint density at radius 1 is 1.24 bits per heavy atom. The molecule has 0 aliphatic carbocycles. The zero-order chi connectivity index (χ0) is 12.3. The van der Waals surface area contributed by atoms with E-state index in [4.69, 9.17) is 0 Å². The van der Waals surface area contributed by atoms with Crippen LogP contribution in [0.2, 0.25) is 0 Å². The summed E-state index contributed by atoms with van der Waals surface area (Å²) >= 11 is 1.76. The quantitative estimate of drug-likeness (QED) is 0.776. The number of rotatable bonds is 4. The largest absolute Gasteiger partial charge is 0.274 e. The third-order valence-electron chi connectivity index (χ3n) is 2.49. The van der Waals surface area contributed by atoms with Crippen LogP contribution < -0.4 is 0 Å². The van der Waals surface area contributed by atoms with E-state index in [-0.39, 0.29) is 0 Å². The fourth-order valence-corrected chi connectivity index (χ4v) is 2.55. The van der Waals surface area contributed by atoms with Crippen LogP contribution in [0.1, 0.15) is 24.7 Å². The molecular weight excluding hydrogens is 230 g/mol. The minimum absolute atomic E-state index is 0.939. The maximum Gasteiger partial charge on any atom is 0.195 e. The summed E-state index contributed by atoms with van der Waals surface area (Å²) in [6.07, 6.45) is 1.14. The van der Waals surface area contributed by atoms with Crippen molar-refractivity contribution in [2.45, 2.75) is 32.3 Å². The van der Waals surface area contributed by atoms with E-state index in [2.05, 4.69) is 52.9 Å². The Morgan fingerprint density at radius 3 is 2.76 bits per heavy atom. The molecule has 0 saturated heterocycles. The number of hydrogen-bond acceptors (Lipinski definition) is 3. The van der Waals surface area contributed by atoms with Crippen LogP contribution in [-0.4, -0.2) is 20.5 Å². The highest BCUT2D eigenvalue weighted by molar-refractivity contribution is 7.99. The van der Waals surface area contributed by atoms with Crippen LogP contribution in [0.25, 0.3) is 5.69 Å². The molecule has 2 aromatic rings. The summed E-state index contributed by atoms with van der Waals surface area (Å²) in [7, 11) is 0. The number of aromatic nitrogens is 3. The van der Waals surface area contributed by atoms with Crippen molar-refractivity contribution >= 4 is 11.8 Å². The summed E-state index contributed by atoms with van der Waals surface area (Å²) in [6.45, 7) is 6.26. The summed E-state index contributed by atoms with van der Waals surface area (Å²) in [5.74, 6) is 2.01. The fourth-order valence-electron chi connectivity index (χ4n) is 1.69. The van der Waals surface area contributed by atoms with Gasteiger partial charge in [-0.25, -0.2) is 0 Å². The molecule has 0 aliphatic rings. The van der Waals surface area contributed by atoms with Gasteiger partial charge in [-0.15, -0.1) is 10.2 Å². The summed E-state index contributed by atoms with van der Waals surface area (Å²) in [5.41, 5.74) is 2.40. The Kier molecular flexibility index (Phi) is 3.84. The van der Waals surface area contributed by atoms with Crippen molar-refractivity contribution in [2.24, 2.45) is 0 Å². The number of aryl methyl sites for hydroxylation is 2. The molecular formula is C13H17N3S.